The Hall–Kier alpha value is -0.300. The Kier molecular flexibility index (Phi) is 3.55. The number of hydrogen-bond donors (Lipinski definition) is 1. The first-order valence-electron chi connectivity index (χ1n) is 5.36. The highest BCUT2D eigenvalue weighted by atomic mass is 16.3. The first kappa shape index (κ1) is 10.8. The van der Waals surface area contributed by atoms with E-state index in [4.69, 9.17) is 0 Å². The Labute approximate surface area is 81.9 Å². The van der Waals surface area contributed by atoms with Gasteiger partial charge in [0.05, 0.1) is 6.10 Å². The first-order chi connectivity index (χ1) is 5.99. The number of hydrogen-bond acceptors (Lipinski definition) is 1. The maximum atomic E-state index is 9.84. The van der Waals surface area contributed by atoms with Gasteiger partial charge in [-0.1, -0.05) is 33.3 Å². The van der Waals surface area contributed by atoms with Gasteiger partial charge in [0.1, 0.15) is 0 Å². The van der Waals surface area contributed by atoms with E-state index in [1.807, 2.05) is 0 Å². The Morgan fingerprint density at radius 3 is 2.69 bits per heavy atom. The van der Waals surface area contributed by atoms with Gasteiger partial charge < -0.3 is 5.11 Å². The van der Waals surface area contributed by atoms with Crippen molar-refractivity contribution in [3.63, 3.8) is 0 Å². The molecule has 1 heteroatoms. The number of aliphatic hydroxyl groups is 1. The average molecular weight is 182 g/mol. The van der Waals surface area contributed by atoms with E-state index in [0.717, 1.165) is 19.3 Å². The topological polar surface area (TPSA) is 20.2 Å². The van der Waals surface area contributed by atoms with Gasteiger partial charge in [0.15, 0.2) is 0 Å². The summed E-state index contributed by atoms with van der Waals surface area (Å²) in [4.78, 5) is 0. The molecule has 0 amide bonds. The maximum absolute atomic E-state index is 9.84. The normalized spacial score (nSPS) is 25.2. The van der Waals surface area contributed by atoms with Crippen molar-refractivity contribution in [2.75, 3.05) is 0 Å². The van der Waals surface area contributed by atoms with E-state index in [1.54, 1.807) is 0 Å². The van der Waals surface area contributed by atoms with Gasteiger partial charge in [0.2, 0.25) is 0 Å². The van der Waals surface area contributed by atoms with Gasteiger partial charge in [-0.05, 0) is 36.7 Å². The van der Waals surface area contributed by atoms with E-state index in [9.17, 15) is 5.11 Å². The number of aliphatic hydroxyl groups excluding tert-OH is 1. The standard InChI is InChI=1S/C12H22O/c1-12(2,3)9-10-7-5-4-6-8-11(10)13/h7,11,13H,4-6,8-9H2,1-3H3. The Morgan fingerprint density at radius 2 is 2.08 bits per heavy atom. The molecule has 0 saturated carbocycles. The van der Waals surface area contributed by atoms with Crippen molar-refractivity contribution in [2.45, 2.75) is 59.0 Å². The van der Waals surface area contributed by atoms with E-state index in [-0.39, 0.29) is 6.10 Å². The van der Waals surface area contributed by atoms with E-state index in [2.05, 4.69) is 26.8 Å². The van der Waals surface area contributed by atoms with Crippen LogP contribution in [0.3, 0.4) is 0 Å². The van der Waals surface area contributed by atoms with Crippen LogP contribution in [0.4, 0.5) is 0 Å². The van der Waals surface area contributed by atoms with Gasteiger partial charge in [-0.2, -0.15) is 0 Å². The fourth-order valence-corrected chi connectivity index (χ4v) is 1.89. The molecule has 76 valence electrons. The molecule has 0 aromatic rings. The van der Waals surface area contributed by atoms with Gasteiger partial charge in [-0.25, -0.2) is 0 Å². The number of rotatable bonds is 1. The smallest absolute Gasteiger partial charge is 0.0750 e. The molecule has 0 heterocycles. The third kappa shape index (κ3) is 3.95. The van der Waals surface area contributed by atoms with Gasteiger partial charge in [-0.3, -0.25) is 0 Å². The van der Waals surface area contributed by atoms with Crippen LogP contribution in [-0.4, -0.2) is 11.2 Å². The molecular formula is C12H22O. The third-order valence-corrected chi connectivity index (χ3v) is 2.50. The summed E-state index contributed by atoms with van der Waals surface area (Å²) in [6.45, 7) is 6.68. The largest absolute Gasteiger partial charge is 0.389 e. The second kappa shape index (κ2) is 4.28. The molecule has 1 nitrogen and oxygen atoms in total. The Morgan fingerprint density at radius 1 is 1.38 bits per heavy atom. The monoisotopic (exact) mass is 182 g/mol. The molecule has 0 aromatic carbocycles. The summed E-state index contributed by atoms with van der Waals surface area (Å²) in [6, 6.07) is 0. The van der Waals surface area contributed by atoms with Gasteiger partial charge in [0, 0.05) is 0 Å². The lowest BCUT2D eigenvalue weighted by molar-refractivity contribution is 0.186. The van der Waals surface area contributed by atoms with Gasteiger partial charge in [-0.15, -0.1) is 0 Å². The molecule has 0 aromatic heterocycles. The summed E-state index contributed by atoms with van der Waals surface area (Å²) in [5, 5.41) is 9.84. The molecule has 0 fully saturated rings. The van der Waals surface area contributed by atoms with Crippen molar-refractivity contribution in [3.05, 3.63) is 11.6 Å². The van der Waals surface area contributed by atoms with Crippen molar-refractivity contribution in [1.29, 1.82) is 0 Å². The zero-order valence-electron chi connectivity index (χ0n) is 9.14. The van der Waals surface area contributed by atoms with Crippen LogP contribution in [0, 0.1) is 5.41 Å². The lowest BCUT2D eigenvalue weighted by Gasteiger charge is -2.22. The van der Waals surface area contributed by atoms with Crippen LogP contribution in [-0.2, 0) is 0 Å². The van der Waals surface area contributed by atoms with Crippen molar-refractivity contribution < 1.29 is 5.11 Å². The summed E-state index contributed by atoms with van der Waals surface area (Å²) in [5.41, 5.74) is 1.57. The van der Waals surface area contributed by atoms with Crippen molar-refractivity contribution in [3.8, 4) is 0 Å². The lowest BCUT2D eigenvalue weighted by atomic mass is 9.85. The predicted octanol–water partition coefficient (Wildman–Crippen LogP) is 3.28. The summed E-state index contributed by atoms with van der Waals surface area (Å²) in [6.07, 6.45) is 7.65. The zero-order valence-corrected chi connectivity index (χ0v) is 9.14. The first-order valence-corrected chi connectivity index (χ1v) is 5.36. The third-order valence-electron chi connectivity index (χ3n) is 2.50. The number of allylic oxidation sites excluding steroid dienone is 1. The summed E-state index contributed by atoms with van der Waals surface area (Å²) < 4.78 is 0. The lowest BCUT2D eigenvalue weighted by Crippen LogP contribution is -2.15. The van der Waals surface area contributed by atoms with Crippen molar-refractivity contribution in [2.24, 2.45) is 5.41 Å². The molecule has 0 aliphatic heterocycles. The molecule has 13 heavy (non-hydrogen) atoms. The SMILES string of the molecule is CC(C)(C)CC1=CCCCCC1O. The quantitative estimate of drug-likeness (QED) is 0.617. The van der Waals surface area contributed by atoms with Crippen LogP contribution in [0.1, 0.15) is 52.9 Å². The fraction of sp³-hybridized carbons (Fsp3) is 0.833. The highest BCUT2D eigenvalue weighted by Gasteiger charge is 2.19. The molecule has 1 atom stereocenters. The van der Waals surface area contributed by atoms with Crippen LogP contribution in [0.15, 0.2) is 11.6 Å². The summed E-state index contributed by atoms with van der Waals surface area (Å²) >= 11 is 0. The highest BCUT2D eigenvalue weighted by molar-refractivity contribution is 5.11. The molecular weight excluding hydrogens is 160 g/mol. The molecule has 1 unspecified atom stereocenters. The fourth-order valence-electron chi connectivity index (χ4n) is 1.89. The second-order valence-corrected chi connectivity index (χ2v) is 5.32. The van der Waals surface area contributed by atoms with Gasteiger partial charge >= 0.3 is 0 Å². The summed E-state index contributed by atoms with van der Waals surface area (Å²) in [5.74, 6) is 0. The van der Waals surface area contributed by atoms with Crippen LogP contribution in [0.2, 0.25) is 0 Å². The van der Waals surface area contributed by atoms with Crippen molar-refractivity contribution in [1.82, 2.24) is 0 Å². The molecule has 0 radical (unpaired) electrons. The van der Waals surface area contributed by atoms with E-state index in [1.165, 1.54) is 18.4 Å². The zero-order chi connectivity index (χ0) is 9.90. The van der Waals surface area contributed by atoms with Crippen LogP contribution >= 0.6 is 0 Å². The van der Waals surface area contributed by atoms with Crippen LogP contribution < -0.4 is 0 Å². The maximum Gasteiger partial charge on any atom is 0.0750 e. The van der Waals surface area contributed by atoms with E-state index >= 15 is 0 Å². The molecule has 1 N–H and O–H groups in total. The molecule has 1 aliphatic rings. The highest BCUT2D eigenvalue weighted by Crippen LogP contribution is 2.29. The molecule has 0 bridgehead atoms. The van der Waals surface area contributed by atoms with Gasteiger partial charge in [0.25, 0.3) is 0 Å². The molecule has 0 spiro atoms. The van der Waals surface area contributed by atoms with E-state index < -0.39 is 0 Å². The average Bonchev–Trinajstić information content (AvgIpc) is 2.14. The van der Waals surface area contributed by atoms with E-state index in [0.29, 0.717) is 5.41 Å². The minimum atomic E-state index is -0.165. The minimum absolute atomic E-state index is 0.165. The minimum Gasteiger partial charge on any atom is -0.389 e. The second-order valence-electron chi connectivity index (χ2n) is 5.32. The molecule has 1 rings (SSSR count). The van der Waals surface area contributed by atoms with Crippen molar-refractivity contribution >= 4 is 0 Å². The predicted molar refractivity (Wildman–Crippen MR) is 56.6 cm³/mol. The Bertz CT molecular complexity index is 186. The summed E-state index contributed by atoms with van der Waals surface area (Å²) in [7, 11) is 0. The van der Waals surface area contributed by atoms with Crippen LogP contribution in [0.25, 0.3) is 0 Å². The molecule has 1 aliphatic carbocycles. The van der Waals surface area contributed by atoms with Crippen LogP contribution in [0.5, 0.6) is 0 Å². The molecule has 0 saturated heterocycles. The Balaban J connectivity index is 2.59.